The van der Waals surface area contributed by atoms with Crippen LogP contribution in [0.3, 0.4) is 0 Å². The van der Waals surface area contributed by atoms with Gasteiger partial charge in [-0.1, -0.05) is 6.92 Å². The summed E-state index contributed by atoms with van der Waals surface area (Å²) >= 11 is 0. The van der Waals surface area contributed by atoms with Crippen molar-refractivity contribution in [2.45, 2.75) is 24.9 Å². The van der Waals surface area contributed by atoms with Crippen LogP contribution in [-0.2, 0) is 5.41 Å². The van der Waals surface area contributed by atoms with Crippen molar-refractivity contribution in [2.75, 3.05) is 6.61 Å². The first-order chi connectivity index (χ1) is 12.3. The molecule has 0 radical (unpaired) electrons. The highest BCUT2D eigenvalue weighted by molar-refractivity contribution is 5.96. The first-order valence-corrected chi connectivity index (χ1v) is 7.83. The smallest absolute Gasteiger partial charge is 0.415 e. The van der Waals surface area contributed by atoms with Crippen LogP contribution in [0.5, 0.6) is 5.75 Å². The highest BCUT2D eigenvalue weighted by Crippen LogP contribution is 2.48. The Bertz CT molecular complexity index is 996. The molecule has 0 amide bonds. The van der Waals surface area contributed by atoms with Crippen molar-refractivity contribution < 1.29 is 17.9 Å². The van der Waals surface area contributed by atoms with Crippen molar-refractivity contribution >= 4 is 28.8 Å². The minimum Gasteiger partial charge on any atom is -0.487 e. The summed E-state index contributed by atoms with van der Waals surface area (Å²) in [5.74, 6) is 0.962. The number of alkyl halides is 3. The Labute approximate surface area is 146 Å². The Balaban J connectivity index is 1.96. The second-order valence-electron chi connectivity index (χ2n) is 6.36. The SMILES string of the molecule is CC1(c2cc3c4c(ncnc4c2)N=CCO3)CC(N)=NC=C1C(F)(F)F. The zero-order valence-corrected chi connectivity index (χ0v) is 13.7. The lowest BCUT2D eigenvalue weighted by Crippen LogP contribution is -2.39. The van der Waals surface area contributed by atoms with E-state index in [1.807, 2.05) is 0 Å². The fourth-order valence-electron chi connectivity index (χ4n) is 3.36. The van der Waals surface area contributed by atoms with Gasteiger partial charge in [0, 0.05) is 24.3 Å². The van der Waals surface area contributed by atoms with Gasteiger partial charge in [0.2, 0.25) is 0 Å². The van der Waals surface area contributed by atoms with Crippen molar-refractivity contribution in [1.29, 1.82) is 0 Å². The summed E-state index contributed by atoms with van der Waals surface area (Å²) < 4.78 is 46.5. The van der Waals surface area contributed by atoms with Crippen LogP contribution >= 0.6 is 0 Å². The van der Waals surface area contributed by atoms with E-state index in [1.165, 1.54) is 13.3 Å². The molecule has 1 aromatic carbocycles. The predicted molar refractivity (Wildman–Crippen MR) is 90.9 cm³/mol. The Kier molecular flexibility index (Phi) is 3.50. The summed E-state index contributed by atoms with van der Waals surface area (Å²) in [6.07, 6.45) is -0.917. The van der Waals surface area contributed by atoms with Crippen LogP contribution in [0.4, 0.5) is 19.0 Å². The molecule has 26 heavy (non-hydrogen) atoms. The van der Waals surface area contributed by atoms with Crippen molar-refractivity contribution in [3.05, 3.63) is 35.8 Å². The molecule has 2 aromatic rings. The van der Waals surface area contributed by atoms with Crippen molar-refractivity contribution in [1.82, 2.24) is 9.97 Å². The van der Waals surface area contributed by atoms with Crippen LogP contribution in [0.15, 0.2) is 40.2 Å². The van der Waals surface area contributed by atoms with Crippen LogP contribution in [0.1, 0.15) is 18.9 Å². The average molecular weight is 361 g/mol. The van der Waals surface area contributed by atoms with Crippen molar-refractivity contribution in [3.8, 4) is 5.75 Å². The van der Waals surface area contributed by atoms with Gasteiger partial charge >= 0.3 is 6.18 Å². The van der Waals surface area contributed by atoms with Crippen LogP contribution in [0, 0.1) is 0 Å². The van der Waals surface area contributed by atoms with Gasteiger partial charge in [0.15, 0.2) is 5.82 Å². The maximum atomic E-state index is 13.6. The number of hydrogen-bond acceptors (Lipinski definition) is 6. The lowest BCUT2D eigenvalue weighted by atomic mass is 9.71. The number of rotatable bonds is 1. The molecular weight excluding hydrogens is 347 g/mol. The molecule has 0 aliphatic carbocycles. The van der Waals surface area contributed by atoms with Gasteiger partial charge in [-0.05, 0) is 17.7 Å². The number of aliphatic imine (C=N–C) groups is 2. The highest BCUT2D eigenvalue weighted by Gasteiger charge is 2.48. The maximum absolute atomic E-state index is 13.6. The summed E-state index contributed by atoms with van der Waals surface area (Å²) in [7, 11) is 0. The molecule has 6 nitrogen and oxygen atoms in total. The third kappa shape index (κ3) is 2.51. The summed E-state index contributed by atoms with van der Waals surface area (Å²) in [5, 5.41) is 0.573. The van der Waals surface area contributed by atoms with Crippen LogP contribution in [0.25, 0.3) is 10.9 Å². The highest BCUT2D eigenvalue weighted by atomic mass is 19.4. The molecule has 0 spiro atoms. The third-order valence-electron chi connectivity index (χ3n) is 4.64. The standard InChI is InChI=1S/C17H14F3N5O/c1-16(6-13(21)23-7-12(16)17(18,19)20)9-4-10-14-11(5-9)26-3-2-22-15(14)25-8-24-10/h2,4-5,7-8H,3,6H2,1H3,(H2,21,23). The quantitative estimate of drug-likeness (QED) is 0.845. The number of halogens is 3. The molecule has 1 atom stereocenters. The van der Waals surface area contributed by atoms with Crippen molar-refractivity contribution in [2.24, 2.45) is 15.7 Å². The Morgan fingerprint density at radius 1 is 1.23 bits per heavy atom. The summed E-state index contributed by atoms with van der Waals surface area (Å²) in [4.78, 5) is 16.2. The molecule has 0 bridgehead atoms. The average Bonchev–Trinajstić information content (AvgIpc) is 2.77. The zero-order valence-electron chi connectivity index (χ0n) is 13.7. The number of ether oxygens (including phenoxy) is 1. The topological polar surface area (TPSA) is 85.8 Å². The largest absolute Gasteiger partial charge is 0.487 e. The molecule has 134 valence electrons. The van der Waals surface area contributed by atoms with Gasteiger partial charge in [0.05, 0.1) is 16.5 Å². The zero-order chi connectivity index (χ0) is 18.5. The van der Waals surface area contributed by atoms with Gasteiger partial charge in [-0.2, -0.15) is 13.2 Å². The third-order valence-corrected chi connectivity index (χ3v) is 4.64. The van der Waals surface area contributed by atoms with E-state index < -0.39 is 17.2 Å². The second-order valence-corrected chi connectivity index (χ2v) is 6.36. The van der Waals surface area contributed by atoms with E-state index in [0.29, 0.717) is 28.0 Å². The number of nitrogens with zero attached hydrogens (tertiary/aromatic N) is 4. The van der Waals surface area contributed by atoms with Crippen LogP contribution in [0.2, 0.25) is 0 Å². The number of aromatic nitrogens is 2. The minimum absolute atomic E-state index is 0.0578. The minimum atomic E-state index is -4.54. The molecule has 2 aliphatic heterocycles. The van der Waals surface area contributed by atoms with Gasteiger partial charge in [-0.3, -0.25) is 0 Å². The van der Waals surface area contributed by atoms with Crippen LogP contribution < -0.4 is 10.5 Å². The molecule has 2 N–H and O–H groups in total. The molecule has 4 rings (SSSR count). The van der Waals surface area contributed by atoms with Gasteiger partial charge in [-0.15, -0.1) is 0 Å². The predicted octanol–water partition coefficient (Wildman–Crippen LogP) is 3.19. The molecule has 9 heteroatoms. The number of allylic oxidation sites excluding steroid dienone is 1. The van der Waals surface area contributed by atoms with E-state index in [4.69, 9.17) is 10.5 Å². The second kappa shape index (κ2) is 5.52. The number of hydrogen-bond donors (Lipinski definition) is 1. The summed E-state index contributed by atoms with van der Waals surface area (Å²) in [6.45, 7) is 1.69. The molecule has 0 saturated heterocycles. The first kappa shape index (κ1) is 16.5. The number of amidine groups is 1. The molecule has 3 heterocycles. The monoisotopic (exact) mass is 361 g/mol. The van der Waals surface area contributed by atoms with Gasteiger partial charge < -0.3 is 10.5 Å². The molecule has 0 saturated carbocycles. The summed E-state index contributed by atoms with van der Waals surface area (Å²) in [6, 6.07) is 3.19. The Hall–Kier alpha value is -2.97. The fourth-order valence-corrected chi connectivity index (χ4v) is 3.36. The fraction of sp³-hybridized carbons (Fsp3) is 0.294. The van der Waals surface area contributed by atoms with E-state index >= 15 is 0 Å². The normalized spacial score (nSPS) is 22.5. The van der Waals surface area contributed by atoms with Gasteiger partial charge in [0.25, 0.3) is 0 Å². The van der Waals surface area contributed by atoms with E-state index in [9.17, 15) is 13.2 Å². The Morgan fingerprint density at radius 2 is 2.04 bits per heavy atom. The van der Waals surface area contributed by atoms with E-state index in [0.717, 1.165) is 6.20 Å². The molecule has 1 aromatic heterocycles. The summed E-state index contributed by atoms with van der Waals surface area (Å²) in [5.41, 5.74) is 4.45. The molecule has 2 aliphatic rings. The molecule has 0 fully saturated rings. The van der Waals surface area contributed by atoms with E-state index in [2.05, 4.69) is 20.0 Å². The van der Waals surface area contributed by atoms with E-state index in [1.54, 1.807) is 18.3 Å². The lowest BCUT2D eigenvalue weighted by molar-refractivity contribution is -0.101. The van der Waals surface area contributed by atoms with E-state index in [-0.39, 0.29) is 18.9 Å². The van der Waals surface area contributed by atoms with Crippen molar-refractivity contribution in [3.63, 3.8) is 0 Å². The lowest BCUT2D eigenvalue weighted by Gasteiger charge is -2.35. The maximum Gasteiger partial charge on any atom is 0.415 e. The number of benzene rings is 1. The molecular formula is C17H14F3N5O. The first-order valence-electron chi connectivity index (χ1n) is 7.83. The number of nitrogens with two attached hydrogens (primary N) is 1. The van der Waals surface area contributed by atoms with Gasteiger partial charge in [-0.25, -0.2) is 20.0 Å². The van der Waals surface area contributed by atoms with Gasteiger partial charge in [0.1, 0.15) is 24.5 Å². The Morgan fingerprint density at radius 3 is 2.81 bits per heavy atom. The van der Waals surface area contributed by atoms with Crippen LogP contribution in [-0.4, -0.2) is 34.8 Å². The molecule has 1 unspecified atom stereocenters.